The zero-order valence-electron chi connectivity index (χ0n) is 12.1. The maximum atomic E-state index is 13.4. The normalized spacial score (nSPS) is 11.0. The lowest BCUT2D eigenvalue weighted by Gasteiger charge is -2.06. The first-order chi connectivity index (χ1) is 10.4. The second-order valence-electron chi connectivity index (χ2n) is 5.02. The lowest BCUT2D eigenvalue weighted by molar-refractivity contribution is -0.116. The number of carbonyl (C=O) groups excluding carboxylic acids is 1. The SMILES string of the molecule is CC(C)c1nnc(CCC(=O)Nc2cc(O)c(F)cc2F)o1. The molecule has 2 N–H and O–H groups in total. The molecule has 1 amide bonds. The Morgan fingerprint density at radius 1 is 1.32 bits per heavy atom. The van der Waals surface area contributed by atoms with Crippen LogP contribution in [-0.4, -0.2) is 21.2 Å². The fraction of sp³-hybridized carbons (Fsp3) is 0.357. The van der Waals surface area contributed by atoms with E-state index in [0.29, 0.717) is 17.8 Å². The van der Waals surface area contributed by atoms with Crippen LogP contribution in [0.25, 0.3) is 0 Å². The van der Waals surface area contributed by atoms with Gasteiger partial charge in [0, 0.05) is 30.9 Å². The van der Waals surface area contributed by atoms with Crippen LogP contribution in [0.1, 0.15) is 38.0 Å². The van der Waals surface area contributed by atoms with Gasteiger partial charge in [-0.3, -0.25) is 4.79 Å². The first-order valence-electron chi connectivity index (χ1n) is 6.67. The highest BCUT2D eigenvalue weighted by Crippen LogP contribution is 2.24. The number of aromatic hydroxyl groups is 1. The van der Waals surface area contributed by atoms with Crippen LogP contribution in [-0.2, 0) is 11.2 Å². The zero-order chi connectivity index (χ0) is 16.3. The molecule has 8 heteroatoms. The molecule has 0 aliphatic carbocycles. The number of amides is 1. The fourth-order valence-electron chi connectivity index (χ4n) is 1.67. The maximum Gasteiger partial charge on any atom is 0.224 e. The molecule has 0 spiro atoms. The Morgan fingerprint density at radius 3 is 2.68 bits per heavy atom. The molecule has 6 nitrogen and oxygen atoms in total. The van der Waals surface area contributed by atoms with E-state index < -0.39 is 23.3 Å². The number of phenolic OH excluding ortho intramolecular Hbond substituents is 1. The number of benzene rings is 1. The highest BCUT2D eigenvalue weighted by Gasteiger charge is 2.14. The largest absolute Gasteiger partial charge is 0.505 e. The van der Waals surface area contributed by atoms with E-state index in [2.05, 4.69) is 15.5 Å². The van der Waals surface area contributed by atoms with Crippen LogP contribution in [0.4, 0.5) is 14.5 Å². The number of aryl methyl sites for hydroxylation is 1. The van der Waals surface area contributed by atoms with Gasteiger partial charge in [-0.05, 0) is 0 Å². The summed E-state index contributed by atoms with van der Waals surface area (Å²) in [4.78, 5) is 11.7. The van der Waals surface area contributed by atoms with Crippen LogP contribution in [0.5, 0.6) is 5.75 Å². The molecule has 2 aromatic rings. The van der Waals surface area contributed by atoms with Gasteiger partial charge in [0.2, 0.25) is 17.7 Å². The van der Waals surface area contributed by atoms with Crippen molar-refractivity contribution in [3.8, 4) is 5.75 Å². The number of hydrogen-bond donors (Lipinski definition) is 2. The highest BCUT2D eigenvalue weighted by molar-refractivity contribution is 5.91. The van der Waals surface area contributed by atoms with Crippen LogP contribution in [0.15, 0.2) is 16.5 Å². The summed E-state index contributed by atoms with van der Waals surface area (Å²) in [6.45, 7) is 3.79. The molecule has 1 aromatic heterocycles. The topological polar surface area (TPSA) is 88.2 Å². The van der Waals surface area contributed by atoms with Crippen LogP contribution in [0.3, 0.4) is 0 Å². The third kappa shape index (κ3) is 3.78. The number of aromatic nitrogens is 2. The number of carbonyl (C=O) groups is 1. The Balaban J connectivity index is 1.94. The molecular weight excluding hydrogens is 296 g/mol. The van der Waals surface area contributed by atoms with E-state index in [1.54, 1.807) is 0 Å². The van der Waals surface area contributed by atoms with Crippen LogP contribution < -0.4 is 5.32 Å². The van der Waals surface area contributed by atoms with Crippen molar-refractivity contribution in [2.45, 2.75) is 32.6 Å². The van der Waals surface area contributed by atoms with E-state index in [1.165, 1.54) is 0 Å². The van der Waals surface area contributed by atoms with Crippen LogP contribution in [0, 0.1) is 11.6 Å². The average molecular weight is 311 g/mol. The summed E-state index contributed by atoms with van der Waals surface area (Å²) < 4.78 is 31.7. The van der Waals surface area contributed by atoms with Gasteiger partial charge in [-0.25, -0.2) is 8.78 Å². The molecule has 0 saturated heterocycles. The summed E-state index contributed by atoms with van der Waals surface area (Å²) in [5.41, 5.74) is -0.294. The first kappa shape index (κ1) is 15.9. The molecule has 0 radical (unpaired) electrons. The minimum absolute atomic E-state index is 0.0166. The van der Waals surface area contributed by atoms with E-state index in [1.807, 2.05) is 13.8 Å². The Bertz CT molecular complexity index is 686. The number of nitrogens with one attached hydrogen (secondary N) is 1. The van der Waals surface area contributed by atoms with Crippen molar-refractivity contribution in [1.82, 2.24) is 10.2 Å². The van der Waals surface area contributed by atoms with Crippen molar-refractivity contribution < 1.29 is 23.1 Å². The van der Waals surface area contributed by atoms with E-state index in [4.69, 9.17) is 4.42 Å². The van der Waals surface area contributed by atoms with Gasteiger partial charge in [0.1, 0.15) is 5.82 Å². The lowest BCUT2D eigenvalue weighted by atomic mass is 10.2. The molecule has 0 fully saturated rings. The third-order valence-electron chi connectivity index (χ3n) is 2.85. The minimum atomic E-state index is -1.09. The summed E-state index contributed by atoms with van der Waals surface area (Å²) in [6.07, 6.45) is 0.178. The van der Waals surface area contributed by atoms with Gasteiger partial charge in [0.15, 0.2) is 11.6 Å². The second kappa shape index (κ2) is 6.50. The molecule has 1 aromatic carbocycles. The number of phenols is 1. The number of nitrogens with zero attached hydrogens (tertiary/aromatic N) is 2. The average Bonchev–Trinajstić information content (AvgIpc) is 2.91. The number of halogens is 2. The van der Waals surface area contributed by atoms with Gasteiger partial charge >= 0.3 is 0 Å². The van der Waals surface area contributed by atoms with Gasteiger partial charge in [0.05, 0.1) is 5.69 Å². The van der Waals surface area contributed by atoms with Gasteiger partial charge in [0.25, 0.3) is 0 Å². The van der Waals surface area contributed by atoms with Crippen molar-refractivity contribution in [1.29, 1.82) is 0 Å². The van der Waals surface area contributed by atoms with E-state index in [0.717, 1.165) is 6.07 Å². The molecular formula is C14H15F2N3O3. The lowest BCUT2D eigenvalue weighted by Crippen LogP contribution is -2.13. The molecule has 0 atom stereocenters. The van der Waals surface area contributed by atoms with E-state index in [-0.39, 0.29) is 24.4 Å². The predicted octanol–water partition coefficient (Wildman–Crippen LogP) is 2.75. The van der Waals surface area contributed by atoms with Gasteiger partial charge in [-0.15, -0.1) is 10.2 Å². The molecule has 0 aliphatic rings. The Kier molecular flexibility index (Phi) is 4.69. The van der Waals surface area contributed by atoms with Crippen molar-refractivity contribution in [3.63, 3.8) is 0 Å². The fourth-order valence-corrected chi connectivity index (χ4v) is 1.67. The minimum Gasteiger partial charge on any atom is -0.505 e. The Hall–Kier alpha value is -2.51. The third-order valence-corrected chi connectivity index (χ3v) is 2.85. The Morgan fingerprint density at radius 2 is 2.05 bits per heavy atom. The van der Waals surface area contributed by atoms with Crippen LogP contribution in [0.2, 0.25) is 0 Å². The van der Waals surface area contributed by atoms with Crippen molar-refractivity contribution in [3.05, 3.63) is 35.5 Å². The van der Waals surface area contributed by atoms with E-state index in [9.17, 15) is 18.7 Å². The summed E-state index contributed by atoms with van der Waals surface area (Å²) in [5, 5.41) is 19.1. The van der Waals surface area contributed by atoms with Crippen molar-refractivity contribution >= 4 is 11.6 Å². The molecule has 0 bridgehead atoms. The predicted molar refractivity (Wildman–Crippen MR) is 73.4 cm³/mol. The smallest absolute Gasteiger partial charge is 0.224 e. The quantitative estimate of drug-likeness (QED) is 0.886. The first-order valence-corrected chi connectivity index (χ1v) is 6.67. The van der Waals surface area contributed by atoms with Crippen molar-refractivity contribution in [2.24, 2.45) is 0 Å². The molecule has 2 rings (SSSR count). The number of hydrogen-bond acceptors (Lipinski definition) is 5. The standard InChI is InChI=1S/C14H15F2N3O3/c1-7(2)14-19-18-13(22-14)4-3-12(21)17-10-6-11(20)9(16)5-8(10)15/h5-7,20H,3-4H2,1-2H3,(H,17,21). The molecule has 118 valence electrons. The molecule has 0 aliphatic heterocycles. The van der Waals surface area contributed by atoms with Crippen molar-refractivity contribution in [2.75, 3.05) is 5.32 Å². The summed E-state index contributed by atoms with van der Waals surface area (Å²) in [7, 11) is 0. The molecule has 1 heterocycles. The second-order valence-corrected chi connectivity index (χ2v) is 5.02. The molecule has 0 saturated carbocycles. The summed E-state index contributed by atoms with van der Waals surface area (Å²) in [5.74, 6) is -2.45. The van der Waals surface area contributed by atoms with Gasteiger partial charge in [-0.1, -0.05) is 13.8 Å². The highest BCUT2D eigenvalue weighted by atomic mass is 19.1. The molecule has 22 heavy (non-hydrogen) atoms. The maximum absolute atomic E-state index is 13.4. The van der Waals surface area contributed by atoms with Gasteiger partial charge < -0.3 is 14.8 Å². The van der Waals surface area contributed by atoms with Crippen LogP contribution >= 0.6 is 0 Å². The van der Waals surface area contributed by atoms with Gasteiger partial charge in [-0.2, -0.15) is 0 Å². The number of rotatable bonds is 5. The summed E-state index contributed by atoms with van der Waals surface area (Å²) >= 11 is 0. The monoisotopic (exact) mass is 311 g/mol. The zero-order valence-corrected chi connectivity index (χ0v) is 12.1. The summed E-state index contributed by atoms with van der Waals surface area (Å²) in [6, 6.07) is 1.31. The number of anilines is 1. The van der Waals surface area contributed by atoms with E-state index >= 15 is 0 Å². The molecule has 0 unspecified atom stereocenters. The Labute approximate surface area is 125 Å².